The molecule has 2 heterocycles. The van der Waals surface area contributed by atoms with Crippen LogP contribution in [-0.4, -0.2) is 0 Å². The molecule has 0 N–H and O–H groups in total. The van der Waals surface area contributed by atoms with E-state index in [1.54, 1.807) is 0 Å². The second kappa shape index (κ2) is 13.6. The fraction of sp³-hybridized carbons (Fsp3) is 0. The minimum absolute atomic E-state index is 0.843. The average Bonchev–Trinajstić information content (AvgIpc) is 3.87. The van der Waals surface area contributed by atoms with Gasteiger partial charge in [-0.2, -0.15) is 0 Å². The normalized spacial score (nSPS) is 11.5. The van der Waals surface area contributed by atoms with E-state index >= 15 is 0 Å². The van der Waals surface area contributed by atoms with Crippen LogP contribution in [0.25, 0.3) is 88.4 Å². The van der Waals surface area contributed by atoms with Crippen molar-refractivity contribution in [1.29, 1.82) is 0 Å². The standard InChI is InChI=1S/C54H35NO2/c1-4-16-36(17-5-1)38-30-32-48(47(35-38)37-18-6-2-7-19-37)55(41-22-8-3-9-23-41)49-33-31-43(54-52(49)46-25-11-13-29-51(46)57-54)40-21-14-20-39(34-40)42-26-15-27-45-44-24-10-12-28-50(44)56-53(42)45/h1-35H. The number of hydrogen-bond acceptors (Lipinski definition) is 3. The predicted octanol–water partition coefficient (Wildman–Crippen LogP) is 15.6. The summed E-state index contributed by atoms with van der Waals surface area (Å²) < 4.78 is 13.4. The minimum Gasteiger partial charge on any atom is -0.455 e. The van der Waals surface area contributed by atoms with Crippen molar-refractivity contribution in [1.82, 2.24) is 0 Å². The molecule has 11 aromatic rings. The van der Waals surface area contributed by atoms with Gasteiger partial charge >= 0.3 is 0 Å². The molecule has 0 saturated carbocycles. The van der Waals surface area contributed by atoms with Gasteiger partial charge in [-0.15, -0.1) is 0 Å². The summed E-state index contributed by atoms with van der Waals surface area (Å²) >= 11 is 0. The number of nitrogens with zero attached hydrogens (tertiary/aromatic N) is 1. The van der Waals surface area contributed by atoms with Crippen LogP contribution < -0.4 is 4.90 Å². The molecule has 9 aromatic carbocycles. The Morgan fingerprint density at radius 3 is 1.60 bits per heavy atom. The highest BCUT2D eigenvalue weighted by Gasteiger charge is 2.24. The molecule has 268 valence electrons. The summed E-state index contributed by atoms with van der Waals surface area (Å²) in [7, 11) is 0. The van der Waals surface area contributed by atoms with Gasteiger partial charge in [0.15, 0.2) is 0 Å². The van der Waals surface area contributed by atoms with Crippen molar-refractivity contribution in [2.75, 3.05) is 4.90 Å². The minimum atomic E-state index is 0.843. The van der Waals surface area contributed by atoms with Gasteiger partial charge in [0.1, 0.15) is 22.3 Å². The number of anilines is 3. The Kier molecular flexibility index (Phi) is 7.82. The van der Waals surface area contributed by atoms with Gasteiger partial charge in [0, 0.05) is 38.5 Å². The monoisotopic (exact) mass is 729 g/mol. The molecule has 3 nitrogen and oxygen atoms in total. The van der Waals surface area contributed by atoms with Crippen LogP contribution in [0.4, 0.5) is 17.1 Å². The lowest BCUT2D eigenvalue weighted by atomic mass is 9.94. The fourth-order valence-electron chi connectivity index (χ4n) is 8.43. The number of para-hydroxylation sites is 4. The molecule has 0 atom stereocenters. The summed E-state index contributed by atoms with van der Waals surface area (Å²) in [5.74, 6) is 0. The third-order valence-electron chi connectivity index (χ3n) is 11.1. The van der Waals surface area contributed by atoms with E-state index < -0.39 is 0 Å². The van der Waals surface area contributed by atoms with Crippen LogP contribution in [0.3, 0.4) is 0 Å². The smallest absolute Gasteiger partial charge is 0.145 e. The summed E-state index contributed by atoms with van der Waals surface area (Å²) in [6.07, 6.45) is 0. The molecule has 0 aliphatic heterocycles. The van der Waals surface area contributed by atoms with Crippen LogP contribution in [0.2, 0.25) is 0 Å². The summed E-state index contributed by atoms with van der Waals surface area (Å²) in [5, 5.41) is 4.36. The lowest BCUT2D eigenvalue weighted by molar-refractivity contribution is 0.670. The van der Waals surface area contributed by atoms with E-state index in [-0.39, 0.29) is 0 Å². The zero-order valence-corrected chi connectivity index (χ0v) is 31.0. The van der Waals surface area contributed by atoms with Crippen molar-refractivity contribution in [2.45, 2.75) is 0 Å². The van der Waals surface area contributed by atoms with Crippen LogP contribution in [0.15, 0.2) is 221 Å². The average molecular weight is 730 g/mol. The quantitative estimate of drug-likeness (QED) is 0.164. The van der Waals surface area contributed by atoms with Crippen LogP contribution in [0.1, 0.15) is 0 Å². The second-order valence-electron chi connectivity index (χ2n) is 14.4. The van der Waals surface area contributed by atoms with E-state index in [2.05, 4.69) is 199 Å². The van der Waals surface area contributed by atoms with Gasteiger partial charge in [-0.3, -0.25) is 0 Å². The van der Waals surface area contributed by atoms with Crippen molar-refractivity contribution >= 4 is 60.9 Å². The lowest BCUT2D eigenvalue weighted by Gasteiger charge is -2.29. The molecular weight excluding hydrogens is 695 g/mol. The van der Waals surface area contributed by atoms with Gasteiger partial charge < -0.3 is 13.7 Å². The van der Waals surface area contributed by atoms with Gasteiger partial charge in [-0.25, -0.2) is 0 Å². The Morgan fingerprint density at radius 2 is 0.842 bits per heavy atom. The molecule has 0 spiro atoms. The Bertz CT molecular complexity index is 3230. The molecule has 3 heteroatoms. The lowest BCUT2D eigenvalue weighted by Crippen LogP contribution is -2.12. The Labute approximate surface area is 330 Å². The molecule has 11 rings (SSSR count). The zero-order valence-electron chi connectivity index (χ0n) is 31.0. The van der Waals surface area contributed by atoms with Gasteiger partial charge in [0.05, 0.1) is 16.8 Å². The summed E-state index contributed by atoms with van der Waals surface area (Å²) in [6, 6.07) is 75.0. The zero-order chi connectivity index (χ0) is 37.7. The van der Waals surface area contributed by atoms with Crippen LogP contribution in [0, 0.1) is 0 Å². The molecular formula is C54H35NO2. The van der Waals surface area contributed by atoms with Crippen molar-refractivity contribution in [2.24, 2.45) is 0 Å². The third kappa shape index (κ3) is 5.60. The first-order valence-electron chi connectivity index (χ1n) is 19.3. The highest BCUT2D eigenvalue weighted by molar-refractivity contribution is 6.18. The van der Waals surface area contributed by atoms with E-state index in [0.29, 0.717) is 0 Å². The van der Waals surface area contributed by atoms with Crippen molar-refractivity contribution in [3.8, 4) is 44.5 Å². The summed E-state index contributed by atoms with van der Waals surface area (Å²) in [4.78, 5) is 2.39. The highest BCUT2D eigenvalue weighted by atomic mass is 16.3. The number of fused-ring (bicyclic) bond motifs is 6. The Hall–Kier alpha value is -7.62. The number of furan rings is 2. The first-order chi connectivity index (χ1) is 28.3. The van der Waals surface area contributed by atoms with Gasteiger partial charge in [-0.05, 0) is 82.4 Å². The largest absolute Gasteiger partial charge is 0.455 e. The number of hydrogen-bond donors (Lipinski definition) is 0. The second-order valence-corrected chi connectivity index (χ2v) is 14.4. The molecule has 0 bridgehead atoms. The summed E-state index contributed by atoms with van der Waals surface area (Å²) in [6.45, 7) is 0. The Morgan fingerprint density at radius 1 is 0.298 bits per heavy atom. The highest BCUT2D eigenvalue weighted by Crippen LogP contribution is 2.49. The van der Waals surface area contributed by atoms with Crippen molar-refractivity contribution in [3.63, 3.8) is 0 Å². The van der Waals surface area contributed by atoms with E-state index in [4.69, 9.17) is 8.83 Å². The number of benzene rings is 9. The van der Waals surface area contributed by atoms with Gasteiger partial charge in [-0.1, -0.05) is 158 Å². The first-order valence-corrected chi connectivity index (χ1v) is 19.3. The molecule has 0 amide bonds. The van der Waals surface area contributed by atoms with E-state index in [9.17, 15) is 0 Å². The predicted molar refractivity (Wildman–Crippen MR) is 237 cm³/mol. The van der Waals surface area contributed by atoms with Crippen LogP contribution in [-0.2, 0) is 0 Å². The van der Waals surface area contributed by atoms with Crippen LogP contribution in [0.5, 0.6) is 0 Å². The van der Waals surface area contributed by atoms with Crippen molar-refractivity contribution in [3.05, 3.63) is 212 Å². The van der Waals surface area contributed by atoms with E-state index in [1.807, 2.05) is 18.2 Å². The maximum Gasteiger partial charge on any atom is 0.145 e. The maximum atomic E-state index is 6.90. The molecule has 0 radical (unpaired) electrons. The van der Waals surface area contributed by atoms with Gasteiger partial charge in [0.2, 0.25) is 0 Å². The van der Waals surface area contributed by atoms with Gasteiger partial charge in [0.25, 0.3) is 0 Å². The molecule has 0 unspecified atom stereocenters. The van der Waals surface area contributed by atoms with Crippen molar-refractivity contribution < 1.29 is 8.83 Å². The molecule has 2 aromatic heterocycles. The maximum absolute atomic E-state index is 6.90. The van der Waals surface area contributed by atoms with Crippen LogP contribution >= 0.6 is 0 Å². The third-order valence-corrected chi connectivity index (χ3v) is 11.1. The molecule has 0 aliphatic rings. The SMILES string of the molecule is c1ccc(-c2ccc(N(c3ccccc3)c3ccc(-c4cccc(-c5cccc6c5oc5ccccc56)c4)c4oc5ccccc5c34)c(-c3ccccc3)c2)cc1. The Balaban J connectivity index is 1.14. The number of rotatable bonds is 7. The summed E-state index contributed by atoms with van der Waals surface area (Å²) in [5.41, 5.74) is 15.5. The molecule has 57 heavy (non-hydrogen) atoms. The first kappa shape index (κ1) is 32.8. The molecule has 0 aliphatic carbocycles. The van der Waals surface area contributed by atoms with E-state index in [0.717, 1.165) is 94.3 Å². The molecule has 0 fully saturated rings. The molecule has 0 saturated heterocycles. The topological polar surface area (TPSA) is 29.5 Å². The fourth-order valence-corrected chi connectivity index (χ4v) is 8.43. The van der Waals surface area contributed by atoms with E-state index in [1.165, 1.54) is 11.1 Å².